The van der Waals surface area contributed by atoms with Gasteiger partial charge in [0.05, 0.1) is 11.3 Å². The van der Waals surface area contributed by atoms with Gasteiger partial charge in [-0.05, 0) is 30.2 Å². The van der Waals surface area contributed by atoms with E-state index in [-0.39, 0.29) is 10.7 Å². The molecule has 5 nitrogen and oxygen atoms in total. The number of carbonyl (C=O) groups is 1. The van der Waals surface area contributed by atoms with Crippen molar-refractivity contribution in [3.05, 3.63) is 70.5 Å². The quantitative estimate of drug-likeness (QED) is 0.436. The second-order valence-corrected chi connectivity index (χ2v) is 7.91. The van der Waals surface area contributed by atoms with Crippen LogP contribution in [0.3, 0.4) is 0 Å². The van der Waals surface area contributed by atoms with E-state index in [1.807, 2.05) is 6.92 Å². The zero-order chi connectivity index (χ0) is 21.7. The number of anilines is 1. The van der Waals surface area contributed by atoms with Gasteiger partial charge in [-0.2, -0.15) is 13.2 Å². The Hall–Kier alpha value is -2.52. The monoisotopic (exact) mass is 454 g/mol. The highest BCUT2D eigenvalue weighted by Gasteiger charge is 2.35. The molecule has 158 valence electrons. The Morgan fingerprint density at radius 1 is 1.23 bits per heavy atom. The molecule has 0 bridgehead atoms. The number of aromatic nitrogens is 3. The van der Waals surface area contributed by atoms with Crippen LogP contribution in [0.15, 0.2) is 53.7 Å². The van der Waals surface area contributed by atoms with Crippen molar-refractivity contribution in [3.8, 4) is 0 Å². The summed E-state index contributed by atoms with van der Waals surface area (Å²) >= 11 is 6.78. The minimum absolute atomic E-state index is 0.0708. The number of hydrogen-bond donors (Lipinski definition) is 2. The van der Waals surface area contributed by atoms with Crippen LogP contribution in [0.2, 0.25) is 5.02 Å². The van der Waals surface area contributed by atoms with E-state index < -0.39 is 22.9 Å². The number of aryl methyl sites for hydroxylation is 1. The number of thioether (sulfide) groups is 1. The molecule has 0 spiro atoms. The molecule has 1 aromatic heterocycles. The maximum absolute atomic E-state index is 13.4. The van der Waals surface area contributed by atoms with E-state index in [0.717, 1.165) is 30.3 Å². The minimum atomic E-state index is -4.66. The Balaban J connectivity index is 1.90. The van der Waals surface area contributed by atoms with Crippen LogP contribution in [-0.4, -0.2) is 21.1 Å². The lowest BCUT2D eigenvalue weighted by atomic mass is 10.1. The van der Waals surface area contributed by atoms with Gasteiger partial charge in [-0.1, -0.05) is 60.6 Å². The second kappa shape index (κ2) is 9.53. The SMILES string of the molecule is CCCc1nc(S[C@H](C(=O)Nc2ccc(Cl)cc2C(F)(F)F)c2ccccc2)n[nH]1. The van der Waals surface area contributed by atoms with Crippen LogP contribution < -0.4 is 5.32 Å². The normalized spacial score (nSPS) is 12.6. The summed E-state index contributed by atoms with van der Waals surface area (Å²) in [6.45, 7) is 2.00. The molecule has 0 aliphatic heterocycles. The van der Waals surface area contributed by atoms with Crippen molar-refractivity contribution in [2.45, 2.75) is 36.3 Å². The van der Waals surface area contributed by atoms with Crippen molar-refractivity contribution < 1.29 is 18.0 Å². The number of alkyl halides is 3. The lowest BCUT2D eigenvalue weighted by molar-refractivity contribution is -0.137. The number of nitrogens with one attached hydrogen (secondary N) is 2. The van der Waals surface area contributed by atoms with Crippen molar-refractivity contribution in [2.24, 2.45) is 0 Å². The largest absolute Gasteiger partial charge is 0.418 e. The van der Waals surface area contributed by atoms with Gasteiger partial charge in [0.25, 0.3) is 0 Å². The summed E-state index contributed by atoms with van der Waals surface area (Å²) in [7, 11) is 0. The number of hydrogen-bond acceptors (Lipinski definition) is 4. The molecule has 0 unspecified atom stereocenters. The van der Waals surface area contributed by atoms with E-state index in [0.29, 0.717) is 23.0 Å². The van der Waals surface area contributed by atoms with Gasteiger partial charge in [0.1, 0.15) is 11.1 Å². The Labute approximate surface area is 180 Å². The Morgan fingerprint density at radius 3 is 2.63 bits per heavy atom. The molecule has 2 N–H and O–H groups in total. The second-order valence-electron chi connectivity index (χ2n) is 6.40. The molecule has 30 heavy (non-hydrogen) atoms. The highest BCUT2D eigenvalue weighted by molar-refractivity contribution is 8.00. The van der Waals surface area contributed by atoms with E-state index in [1.54, 1.807) is 30.3 Å². The van der Waals surface area contributed by atoms with Crippen LogP contribution >= 0.6 is 23.4 Å². The molecule has 2 aromatic carbocycles. The van der Waals surface area contributed by atoms with Gasteiger partial charge in [-0.25, -0.2) is 4.98 Å². The average molecular weight is 455 g/mol. The minimum Gasteiger partial charge on any atom is -0.324 e. The highest BCUT2D eigenvalue weighted by Crippen LogP contribution is 2.39. The molecule has 10 heteroatoms. The van der Waals surface area contributed by atoms with Crippen LogP contribution in [0, 0.1) is 0 Å². The van der Waals surface area contributed by atoms with E-state index in [2.05, 4.69) is 20.5 Å². The molecule has 0 aliphatic carbocycles. The summed E-state index contributed by atoms with van der Waals surface area (Å²) in [5.41, 5.74) is -0.757. The van der Waals surface area contributed by atoms with E-state index in [4.69, 9.17) is 11.6 Å². The number of halogens is 4. The van der Waals surface area contributed by atoms with Gasteiger partial charge >= 0.3 is 6.18 Å². The molecule has 0 saturated heterocycles. The first-order chi connectivity index (χ1) is 14.3. The topological polar surface area (TPSA) is 70.7 Å². The number of amides is 1. The van der Waals surface area contributed by atoms with Crippen LogP contribution in [0.5, 0.6) is 0 Å². The fourth-order valence-electron chi connectivity index (χ4n) is 2.74. The molecule has 3 rings (SSSR count). The summed E-state index contributed by atoms with van der Waals surface area (Å²) in [4.78, 5) is 17.4. The average Bonchev–Trinajstić information content (AvgIpc) is 3.15. The van der Waals surface area contributed by atoms with Crippen molar-refractivity contribution in [2.75, 3.05) is 5.32 Å². The number of nitrogens with zero attached hydrogens (tertiary/aromatic N) is 2. The third-order valence-corrected chi connectivity index (χ3v) is 5.46. The summed E-state index contributed by atoms with van der Waals surface area (Å²) in [5.74, 6) is 0.0603. The zero-order valence-electron chi connectivity index (χ0n) is 15.8. The summed E-state index contributed by atoms with van der Waals surface area (Å²) in [5, 5.41) is 8.73. The number of benzene rings is 2. The fraction of sp³-hybridized carbons (Fsp3) is 0.250. The molecule has 1 heterocycles. The van der Waals surface area contributed by atoms with Gasteiger partial charge < -0.3 is 5.32 Å². The van der Waals surface area contributed by atoms with Gasteiger partial charge in [0, 0.05) is 11.4 Å². The molecule has 0 saturated carbocycles. The predicted octanol–water partition coefficient (Wildman–Crippen LogP) is 5.90. The zero-order valence-corrected chi connectivity index (χ0v) is 17.4. The predicted molar refractivity (Wildman–Crippen MR) is 111 cm³/mol. The van der Waals surface area contributed by atoms with E-state index in [9.17, 15) is 18.0 Å². The number of rotatable bonds is 7. The smallest absolute Gasteiger partial charge is 0.324 e. The number of H-pyrrole nitrogens is 1. The van der Waals surface area contributed by atoms with Crippen molar-refractivity contribution in [1.82, 2.24) is 15.2 Å². The summed E-state index contributed by atoms with van der Waals surface area (Å²) in [6, 6.07) is 12.0. The molecule has 0 fully saturated rings. The lowest BCUT2D eigenvalue weighted by Crippen LogP contribution is -2.21. The summed E-state index contributed by atoms with van der Waals surface area (Å²) < 4.78 is 40.2. The van der Waals surface area contributed by atoms with Crippen molar-refractivity contribution in [1.29, 1.82) is 0 Å². The Bertz CT molecular complexity index is 1010. The molecular formula is C20H18ClF3N4OS. The van der Waals surface area contributed by atoms with Gasteiger partial charge in [0.15, 0.2) is 0 Å². The van der Waals surface area contributed by atoms with E-state index in [1.165, 1.54) is 6.07 Å². The molecular weight excluding hydrogens is 437 g/mol. The summed E-state index contributed by atoms with van der Waals surface area (Å²) in [6.07, 6.45) is -3.09. The molecule has 1 amide bonds. The first-order valence-electron chi connectivity index (χ1n) is 9.08. The van der Waals surface area contributed by atoms with Crippen LogP contribution in [0.4, 0.5) is 18.9 Å². The Morgan fingerprint density at radius 2 is 1.97 bits per heavy atom. The first-order valence-corrected chi connectivity index (χ1v) is 10.3. The molecule has 1 atom stereocenters. The van der Waals surface area contributed by atoms with Crippen LogP contribution in [-0.2, 0) is 17.4 Å². The maximum atomic E-state index is 13.4. The third kappa shape index (κ3) is 5.54. The van der Waals surface area contributed by atoms with E-state index >= 15 is 0 Å². The first kappa shape index (κ1) is 22.2. The molecule has 0 radical (unpaired) electrons. The lowest BCUT2D eigenvalue weighted by Gasteiger charge is -2.18. The van der Waals surface area contributed by atoms with Crippen molar-refractivity contribution in [3.63, 3.8) is 0 Å². The fourth-order valence-corrected chi connectivity index (χ4v) is 3.85. The third-order valence-electron chi connectivity index (χ3n) is 4.11. The Kier molecular flexibility index (Phi) is 7.04. The van der Waals surface area contributed by atoms with Gasteiger partial charge in [-0.15, -0.1) is 5.10 Å². The molecule has 0 aliphatic rings. The van der Waals surface area contributed by atoms with Crippen LogP contribution in [0.1, 0.15) is 35.5 Å². The standard InChI is InChI=1S/C20H18ClF3N4OS/c1-2-6-16-26-19(28-27-16)30-17(12-7-4-3-5-8-12)18(29)25-15-10-9-13(21)11-14(15)20(22,23)24/h3-5,7-11,17H,2,6H2,1H3,(H,25,29)(H,26,27,28)/t17-/m0/s1. The number of aromatic amines is 1. The number of carbonyl (C=O) groups excluding carboxylic acids is 1. The van der Waals surface area contributed by atoms with Crippen LogP contribution in [0.25, 0.3) is 0 Å². The van der Waals surface area contributed by atoms with Gasteiger partial charge in [-0.3, -0.25) is 9.89 Å². The van der Waals surface area contributed by atoms with Gasteiger partial charge in [0.2, 0.25) is 11.1 Å². The highest BCUT2D eigenvalue weighted by atomic mass is 35.5. The van der Waals surface area contributed by atoms with Crippen molar-refractivity contribution >= 4 is 35.0 Å². The maximum Gasteiger partial charge on any atom is 0.418 e. The molecule has 3 aromatic rings.